The summed E-state index contributed by atoms with van der Waals surface area (Å²) in [6.45, 7) is 3.86. The van der Waals surface area contributed by atoms with E-state index in [4.69, 9.17) is 19.8 Å². The minimum atomic E-state index is -0.844. The maximum absolute atomic E-state index is 10.5. The second-order valence-electron chi connectivity index (χ2n) is 5.44. The van der Waals surface area contributed by atoms with E-state index in [9.17, 15) is 4.79 Å². The quantitative estimate of drug-likeness (QED) is 0.897. The van der Waals surface area contributed by atoms with Gasteiger partial charge in [0.25, 0.3) is 0 Å². The lowest BCUT2D eigenvalue weighted by Gasteiger charge is -2.08. The third kappa shape index (κ3) is 5.85. The van der Waals surface area contributed by atoms with Gasteiger partial charge in [0.15, 0.2) is 0 Å². The molecule has 2 rings (SSSR count). The number of aryl methyl sites for hydroxylation is 2. The molecule has 25 heavy (non-hydrogen) atoms. The maximum Gasteiger partial charge on any atom is 0.307 e. The van der Waals surface area contributed by atoms with E-state index in [1.807, 2.05) is 44.2 Å². The lowest BCUT2D eigenvalue weighted by atomic mass is 10.1. The number of benzene rings is 2. The normalized spacial score (nSPS) is 9.40. The highest BCUT2D eigenvalue weighted by Gasteiger charge is 2.08. The Morgan fingerprint density at radius 1 is 1.00 bits per heavy atom. The van der Waals surface area contributed by atoms with Gasteiger partial charge in [-0.1, -0.05) is 36.4 Å². The molecule has 0 aliphatic carbocycles. The Bertz CT molecular complexity index is 763. The van der Waals surface area contributed by atoms with Crippen molar-refractivity contribution in [3.05, 3.63) is 58.7 Å². The topological polar surface area (TPSA) is 79.5 Å². The number of nitriles is 1. The smallest absolute Gasteiger partial charge is 0.307 e. The lowest BCUT2D eigenvalue weighted by Crippen LogP contribution is -2.03. The van der Waals surface area contributed by atoms with E-state index in [2.05, 4.69) is 6.07 Å². The van der Waals surface area contributed by atoms with Crippen molar-refractivity contribution in [2.75, 3.05) is 14.2 Å². The Balaban J connectivity index is 0.000000251. The molecular weight excluding hydrogens is 318 g/mol. The van der Waals surface area contributed by atoms with Crippen molar-refractivity contribution in [3.63, 3.8) is 0 Å². The highest BCUT2D eigenvalue weighted by Crippen LogP contribution is 2.23. The van der Waals surface area contributed by atoms with Crippen molar-refractivity contribution in [2.24, 2.45) is 0 Å². The molecule has 2 aromatic carbocycles. The highest BCUT2D eigenvalue weighted by atomic mass is 16.5. The molecule has 0 aromatic heterocycles. The number of carboxylic acids is 1. The average molecular weight is 341 g/mol. The molecule has 0 aliphatic heterocycles. The molecule has 0 saturated carbocycles. The van der Waals surface area contributed by atoms with Gasteiger partial charge in [-0.05, 0) is 25.0 Å². The average Bonchev–Trinajstić information content (AvgIpc) is 2.56. The molecule has 0 heterocycles. The van der Waals surface area contributed by atoms with Crippen molar-refractivity contribution in [2.45, 2.75) is 26.7 Å². The zero-order valence-corrected chi connectivity index (χ0v) is 15.0. The van der Waals surface area contributed by atoms with E-state index in [1.165, 1.54) is 0 Å². The van der Waals surface area contributed by atoms with E-state index >= 15 is 0 Å². The molecule has 0 spiro atoms. The van der Waals surface area contributed by atoms with Gasteiger partial charge < -0.3 is 14.6 Å². The second-order valence-corrected chi connectivity index (χ2v) is 5.44. The maximum atomic E-state index is 10.5. The van der Waals surface area contributed by atoms with Crippen LogP contribution in [0.1, 0.15) is 22.3 Å². The molecule has 0 radical (unpaired) electrons. The van der Waals surface area contributed by atoms with Crippen molar-refractivity contribution in [3.8, 4) is 17.6 Å². The van der Waals surface area contributed by atoms with Gasteiger partial charge in [-0.15, -0.1) is 0 Å². The summed E-state index contributed by atoms with van der Waals surface area (Å²) in [6.07, 6.45) is 0.412. The van der Waals surface area contributed by atoms with Crippen LogP contribution in [0.2, 0.25) is 0 Å². The molecule has 0 bridgehead atoms. The Morgan fingerprint density at radius 2 is 1.48 bits per heavy atom. The number of rotatable bonds is 5. The number of aliphatic carboxylic acids is 1. The highest BCUT2D eigenvalue weighted by molar-refractivity contribution is 5.71. The Morgan fingerprint density at radius 3 is 1.92 bits per heavy atom. The minimum Gasteiger partial charge on any atom is -0.496 e. The largest absolute Gasteiger partial charge is 0.496 e. The van der Waals surface area contributed by atoms with Crippen LogP contribution in [0.4, 0.5) is 0 Å². The molecule has 0 atom stereocenters. The molecular formula is C20H23NO4. The summed E-state index contributed by atoms with van der Waals surface area (Å²) in [4.78, 5) is 10.5. The lowest BCUT2D eigenvalue weighted by molar-refractivity contribution is -0.136. The van der Waals surface area contributed by atoms with Crippen LogP contribution in [0.15, 0.2) is 36.4 Å². The van der Waals surface area contributed by atoms with E-state index < -0.39 is 5.97 Å². The first-order valence-corrected chi connectivity index (χ1v) is 7.78. The van der Waals surface area contributed by atoms with Crippen LogP contribution in [-0.2, 0) is 17.6 Å². The van der Waals surface area contributed by atoms with Gasteiger partial charge in [0.1, 0.15) is 11.5 Å². The van der Waals surface area contributed by atoms with Crippen LogP contribution in [0.5, 0.6) is 11.5 Å². The van der Waals surface area contributed by atoms with Crippen molar-refractivity contribution in [1.29, 1.82) is 5.26 Å². The fraction of sp³-hybridized carbons (Fsp3) is 0.300. The van der Waals surface area contributed by atoms with Crippen molar-refractivity contribution >= 4 is 5.97 Å². The first kappa shape index (κ1) is 20.0. The first-order valence-electron chi connectivity index (χ1n) is 7.78. The number of methoxy groups -OCH3 is 2. The predicted octanol–water partition coefficient (Wildman–Crippen LogP) is 3.70. The molecule has 5 heteroatoms. The third-order valence-corrected chi connectivity index (χ3v) is 3.61. The minimum absolute atomic E-state index is 0.00481. The molecule has 0 saturated heterocycles. The third-order valence-electron chi connectivity index (χ3n) is 3.61. The van der Waals surface area contributed by atoms with Gasteiger partial charge in [0, 0.05) is 11.1 Å². The molecule has 2 aromatic rings. The zero-order chi connectivity index (χ0) is 18.8. The van der Waals surface area contributed by atoms with Gasteiger partial charge in [-0.25, -0.2) is 0 Å². The molecule has 132 valence electrons. The number of hydrogen-bond donors (Lipinski definition) is 1. The van der Waals surface area contributed by atoms with E-state index in [-0.39, 0.29) is 6.42 Å². The van der Waals surface area contributed by atoms with Crippen LogP contribution >= 0.6 is 0 Å². The molecule has 5 nitrogen and oxygen atoms in total. The zero-order valence-electron chi connectivity index (χ0n) is 15.0. The van der Waals surface area contributed by atoms with Gasteiger partial charge in [-0.2, -0.15) is 5.26 Å². The van der Waals surface area contributed by atoms with Crippen LogP contribution in [0, 0.1) is 25.2 Å². The fourth-order valence-corrected chi connectivity index (χ4v) is 2.54. The molecule has 0 amide bonds. The number of hydrogen-bond acceptors (Lipinski definition) is 4. The summed E-state index contributed by atoms with van der Waals surface area (Å²) < 4.78 is 10.3. The van der Waals surface area contributed by atoms with Crippen LogP contribution in [0.3, 0.4) is 0 Å². The summed E-state index contributed by atoms with van der Waals surface area (Å²) >= 11 is 0. The van der Waals surface area contributed by atoms with Crippen molar-refractivity contribution in [1.82, 2.24) is 0 Å². The van der Waals surface area contributed by atoms with Crippen LogP contribution in [-0.4, -0.2) is 25.3 Å². The van der Waals surface area contributed by atoms with Gasteiger partial charge in [-0.3, -0.25) is 4.79 Å². The van der Waals surface area contributed by atoms with Crippen molar-refractivity contribution < 1.29 is 19.4 Å². The summed E-state index contributed by atoms with van der Waals surface area (Å²) in [5.41, 5.74) is 3.71. The molecule has 0 aliphatic rings. The number of carboxylic acid groups (broad SMARTS) is 1. The Hall–Kier alpha value is -3.00. The predicted molar refractivity (Wildman–Crippen MR) is 96.1 cm³/mol. The summed E-state index contributed by atoms with van der Waals surface area (Å²) in [5.74, 6) is 0.660. The molecule has 0 fully saturated rings. The van der Waals surface area contributed by atoms with E-state index in [1.54, 1.807) is 20.3 Å². The fourth-order valence-electron chi connectivity index (χ4n) is 2.54. The number of nitrogens with zero attached hydrogens (tertiary/aromatic N) is 1. The Kier molecular flexibility index (Phi) is 8.01. The second kappa shape index (κ2) is 9.99. The van der Waals surface area contributed by atoms with Crippen LogP contribution < -0.4 is 9.47 Å². The van der Waals surface area contributed by atoms with Gasteiger partial charge >= 0.3 is 5.97 Å². The van der Waals surface area contributed by atoms with E-state index in [0.717, 1.165) is 28.0 Å². The number of carbonyl (C=O) groups is 1. The monoisotopic (exact) mass is 341 g/mol. The standard InChI is InChI=1S/C10H11NO.C10H12O3/c1-8-4-3-5-9(6-7-11)10(8)12-2;1-7-4-3-5-8(6-9(11)12)10(7)13-2/h3-5H,6H2,1-2H3;3-5H,6H2,1-2H3,(H,11,12). The first-order chi connectivity index (χ1) is 11.9. The number of para-hydroxylation sites is 2. The summed E-state index contributed by atoms with van der Waals surface area (Å²) in [6, 6.07) is 13.4. The SMILES string of the molecule is COc1c(C)cccc1CC#N.COc1c(C)cccc1CC(=O)O. The molecule has 1 N–H and O–H groups in total. The van der Waals surface area contributed by atoms with Gasteiger partial charge in [0.2, 0.25) is 0 Å². The Labute approximate surface area is 148 Å². The van der Waals surface area contributed by atoms with Gasteiger partial charge in [0.05, 0.1) is 33.1 Å². The number of ether oxygens (including phenoxy) is 2. The summed E-state index contributed by atoms with van der Waals surface area (Å²) in [5, 5.41) is 17.1. The van der Waals surface area contributed by atoms with Crippen LogP contribution in [0.25, 0.3) is 0 Å². The summed E-state index contributed by atoms with van der Waals surface area (Å²) in [7, 11) is 3.18. The molecule has 0 unspecified atom stereocenters. The van der Waals surface area contributed by atoms with E-state index in [0.29, 0.717) is 12.2 Å².